The Morgan fingerprint density at radius 1 is 1.20 bits per heavy atom. The van der Waals surface area contributed by atoms with E-state index in [1.54, 1.807) is 20.8 Å². The average molecular weight is 291 g/mol. The topological polar surface area (TPSA) is 117 Å². The van der Waals surface area contributed by atoms with Crippen LogP contribution in [0.5, 0.6) is 0 Å². The molecule has 20 heavy (non-hydrogen) atoms. The summed E-state index contributed by atoms with van der Waals surface area (Å²) in [7, 11) is 1.16. The van der Waals surface area contributed by atoms with E-state index in [-0.39, 0.29) is 13.0 Å². The SMILES string of the molecule is COC(=O)[C@@H]1C[C@@H](C(O)(O)O)CN1C(=O)OC(C)(C)C. The zero-order chi connectivity index (χ0) is 15.7. The standard InChI is InChI=1S/C12H21NO7/c1-11(2,3)20-10(15)13-6-7(12(16,17)18)5-8(13)9(14)19-4/h7-8,16-18H,5-6H2,1-4H3/t7-,8+/m1/s1. The van der Waals surface area contributed by atoms with Crippen LogP contribution in [-0.2, 0) is 14.3 Å². The van der Waals surface area contributed by atoms with Gasteiger partial charge in [0.25, 0.3) is 5.97 Å². The molecule has 0 bridgehead atoms. The van der Waals surface area contributed by atoms with Crippen molar-refractivity contribution in [2.45, 2.75) is 44.8 Å². The highest BCUT2D eigenvalue weighted by molar-refractivity contribution is 5.82. The molecule has 0 unspecified atom stereocenters. The summed E-state index contributed by atoms with van der Waals surface area (Å²) in [6.07, 6.45) is -0.908. The largest absolute Gasteiger partial charge is 0.467 e. The Hall–Kier alpha value is -1.38. The van der Waals surface area contributed by atoms with Crippen molar-refractivity contribution in [1.29, 1.82) is 0 Å². The van der Waals surface area contributed by atoms with Gasteiger partial charge in [-0.3, -0.25) is 4.90 Å². The Balaban J connectivity index is 2.90. The first-order chi connectivity index (χ1) is 8.95. The van der Waals surface area contributed by atoms with Crippen LogP contribution >= 0.6 is 0 Å². The van der Waals surface area contributed by atoms with Crippen LogP contribution in [0.2, 0.25) is 0 Å². The second-order valence-electron chi connectivity index (χ2n) is 5.79. The molecule has 0 spiro atoms. The van der Waals surface area contributed by atoms with Crippen LogP contribution in [0.15, 0.2) is 0 Å². The summed E-state index contributed by atoms with van der Waals surface area (Å²) in [5.41, 5.74) is -0.759. The van der Waals surface area contributed by atoms with Gasteiger partial charge in [0.15, 0.2) is 0 Å². The fourth-order valence-corrected chi connectivity index (χ4v) is 2.00. The van der Waals surface area contributed by atoms with Gasteiger partial charge in [-0.2, -0.15) is 0 Å². The average Bonchev–Trinajstić information content (AvgIpc) is 2.69. The van der Waals surface area contributed by atoms with Crippen LogP contribution in [0.3, 0.4) is 0 Å². The third-order valence-corrected chi connectivity index (χ3v) is 2.95. The number of ether oxygens (including phenoxy) is 2. The summed E-state index contributed by atoms with van der Waals surface area (Å²) in [5, 5.41) is 27.6. The molecule has 1 rings (SSSR count). The molecule has 0 radical (unpaired) electrons. The minimum Gasteiger partial charge on any atom is -0.467 e. The molecule has 1 aliphatic heterocycles. The molecule has 0 aromatic rings. The number of aliphatic hydroxyl groups is 3. The summed E-state index contributed by atoms with van der Waals surface area (Å²) in [6.45, 7) is 4.78. The van der Waals surface area contributed by atoms with Gasteiger partial charge in [0.05, 0.1) is 13.0 Å². The molecule has 1 saturated heterocycles. The van der Waals surface area contributed by atoms with E-state index in [0.717, 1.165) is 12.0 Å². The van der Waals surface area contributed by atoms with E-state index in [1.165, 1.54) is 0 Å². The molecule has 0 aliphatic carbocycles. The predicted molar refractivity (Wildman–Crippen MR) is 66.2 cm³/mol. The van der Waals surface area contributed by atoms with Crippen molar-refractivity contribution in [3.63, 3.8) is 0 Å². The van der Waals surface area contributed by atoms with Gasteiger partial charge in [0.1, 0.15) is 11.6 Å². The molecule has 0 aromatic carbocycles. The van der Waals surface area contributed by atoms with E-state index in [1.807, 2.05) is 0 Å². The first kappa shape index (κ1) is 16.7. The molecular formula is C12H21NO7. The van der Waals surface area contributed by atoms with Crippen LogP contribution in [0.25, 0.3) is 0 Å². The number of rotatable bonds is 2. The van der Waals surface area contributed by atoms with Crippen LogP contribution in [0.4, 0.5) is 4.79 Å². The molecule has 3 N–H and O–H groups in total. The van der Waals surface area contributed by atoms with Crippen molar-refractivity contribution in [1.82, 2.24) is 4.90 Å². The third kappa shape index (κ3) is 4.06. The number of esters is 1. The first-order valence-corrected chi connectivity index (χ1v) is 6.20. The zero-order valence-electron chi connectivity index (χ0n) is 12.0. The van der Waals surface area contributed by atoms with Crippen LogP contribution in [-0.4, -0.2) is 63.6 Å². The molecule has 1 heterocycles. The molecule has 0 aromatic heterocycles. The van der Waals surface area contributed by atoms with Crippen molar-refractivity contribution in [2.24, 2.45) is 5.92 Å². The summed E-state index contributed by atoms with van der Waals surface area (Å²) >= 11 is 0. The fourth-order valence-electron chi connectivity index (χ4n) is 2.00. The van der Waals surface area contributed by atoms with Crippen molar-refractivity contribution >= 4 is 12.1 Å². The Kier molecular flexibility index (Phi) is 4.62. The van der Waals surface area contributed by atoms with Gasteiger partial charge in [-0.25, -0.2) is 9.59 Å². The third-order valence-electron chi connectivity index (χ3n) is 2.95. The summed E-state index contributed by atoms with van der Waals surface area (Å²) in [6, 6.07) is -1.02. The Bertz CT molecular complexity index is 382. The molecule has 1 aliphatic rings. The zero-order valence-corrected chi connectivity index (χ0v) is 12.0. The van der Waals surface area contributed by atoms with Crippen LogP contribution in [0.1, 0.15) is 27.2 Å². The maximum atomic E-state index is 12.0. The molecule has 0 saturated carbocycles. The predicted octanol–water partition coefficient (Wildman–Crippen LogP) is -0.584. The minimum atomic E-state index is -2.97. The van der Waals surface area contributed by atoms with Crippen molar-refractivity contribution in [2.75, 3.05) is 13.7 Å². The molecule has 8 nitrogen and oxygen atoms in total. The lowest BCUT2D eigenvalue weighted by molar-refractivity contribution is -0.339. The van der Waals surface area contributed by atoms with Gasteiger partial charge in [-0.15, -0.1) is 0 Å². The summed E-state index contributed by atoms with van der Waals surface area (Å²) < 4.78 is 9.71. The lowest BCUT2D eigenvalue weighted by Gasteiger charge is -2.27. The normalized spacial score (nSPS) is 23.6. The molecule has 116 valence electrons. The van der Waals surface area contributed by atoms with Gasteiger partial charge in [-0.1, -0.05) is 0 Å². The smallest absolute Gasteiger partial charge is 0.411 e. The fraction of sp³-hybridized carbons (Fsp3) is 0.833. The van der Waals surface area contributed by atoms with E-state index in [4.69, 9.17) is 4.74 Å². The maximum Gasteiger partial charge on any atom is 0.411 e. The first-order valence-electron chi connectivity index (χ1n) is 6.20. The Labute approximate surface area is 116 Å². The van der Waals surface area contributed by atoms with E-state index >= 15 is 0 Å². The van der Waals surface area contributed by atoms with Crippen LogP contribution < -0.4 is 0 Å². The van der Waals surface area contributed by atoms with E-state index in [9.17, 15) is 24.9 Å². The van der Waals surface area contributed by atoms with E-state index < -0.39 is 35.6 Å². The lowest BCUT2D eigenvalue weighted by atomic mass is 10.0. The molecule has 1 fully saturated rings. The number of hydrogen-bond donors (Lipinski definition) is 3. The van der Waals surface area contributed by atoms with E-state index in [2.05, 4.69) is 4.74 Å². The van der Waals surface area contributed by atoms with Crippen molar-refractivity contribution < 1.29 is 34.4 Å². The summed E-state index contributed by atoms with van der Waals surface area (Å²) in [5.74, 6) is -4.76. The number of methoxy groups -OCH3 is 1. The minimum absolute atomic E-state index is 0.130. The van der Waals surface area contributed by atoms with Crippen molar-refractivity contribution in [3.05, 3.63) is 0 Å². The van der Waals surface area contributed by atoms with Gasteiger partial charge in [0, 0.05) is 6.54 Å². The number of nitrogens with zero attached hydrogens (tertiary/aromatic N) is 1. The number of carbonyl (C=O) groups is 2. The highest BCUT2D eigenvalue weighted by atomic mass is 16.7. The molecule has 1 amide bonds. The maximum absolute atomic E-state index is 12.0. The number of hydrogen-bond acceptors (Lipinski definition) is 7. The number of carbonyl (C=O) groups excluding carboxylic acids is 2. The Morgan fingerprint density at radius 2 is 1.75 bits per heavy atom. The van der Waals surface area contributed by atoms with Gasteiger partial charge < -0.3 is 24.8 Å². The number of amides is 1. The van der Waals surface area contributed by atoms with Gasteiger partial charge in [0.2, 0.25) is 0 Å². The summed E-state index contributed by atoms with van der Waals surface area (Å²) in [4.78, 5) is 24.7. The highest BCUT2D eigenvalue weighted by Crippen LogP contribution is 2.31. The van der Waals surface area contributed by atoms with Crippen LogP contribution in [0, 0.1) is 5.92 Å². The molecule has 8 heteroatoms. The van der Waals surface area contributed by atoms with E-state index in [0.29, 0.717) is 0 Å². The Morgan fingerprint density at radius 3 is 2.15 bits per heavy atom. The van der Waals surface area contributed by atoms with Gasteiger partial charge >= 0.3 is 12.1 Å². The second-order valence-corrected chi connectivity index (χ2v) is 5.79. The molecule has 2 atom stereocenters. The highest BCUT2D eigenvalue weighted by Gasteiger charge is 2.48. The second kappa shape index (κ2) is 5.55. The van der Waals surface area contributed by atoms with Gasteiger partial charge in [-0.05, 0) is 27.2 Å². The monoisotopic (exact) mass is 291 g/mol. The molecular weight excluding hydrogens is 270 g/mol. The number of likely N-dealkylation sites (tertiary alicyclic amines) is 1. The van der Waals surface area contributed by atoms with Crippen molar-refractivity contribution in [3.8, 4) is 0 Å². The lowest BCUT2D eigenvalue weighted by Crippen LogP contribution is -2.44. The quantitative estimate of drug-likeness (QED) is 0.460.